The zero-order valence-corrected chi connectivity index (χ0v) is 7.82. The minimum Gasteiger partial charge on any atom is -0.265 e. The van der Waals surface area contributed by atoms with Crippen LogP contribution in [0.5, 0.6) is 0 Å². The molecule has 0 aliphatic carbocycles. The van der Waals surface area contributed by atoms with Crippen molar-refractivity contribution in [1.29, 1.82) is 0 Å². The van der Waals surface area contributed by atoms with Crippen molar-refractivity contribution >= 4 is 23.1 Å². The largest absolute Gasteiger partial charge is 0.265 e. The summed E-state index contributed by atoms with van der Waals surface area (Å²) in [6.07, 6.45) is 0. The summed E-state index contributed by atoms with van der Waals surface area (Å²) in [7, 11) is 0.889. The van der Waals surface area contributed by atoms with Gasteiger partial charge in [-0.15, -0.1) is 0 Å². The molecule has 0 fully saturated rings. The second kappa shape index (κ2) is 7.09. The molecule has 0 amide bonds. The van der Waals surface area contributed by atoms with Crippen molar-refractivity contribution in [3.05, 3.63) is 40.4 Å². The predicted molar refractivity (Wildman–Crippen MR) is 54.0 cm³/mol. The third kappa shape index (κ3) is 8.33. The minimum atomic E-state index is -0.500. The van der Waals surface area contributed by atoms with Gasteiger partial charge in [0.25, 0.3) is 0 Å². The molecule has 1 aromatic carbocycles. The lowest BCUT2D eigenvalue weighted by Gasteiger charge is -1.83. The van der Waals surface area contributed by atoms with E-state index < -0.39 is 4.92 Å². The number of aliphatic imine (C=N–C) groups is 1. The van der Waals surface area contributed by atoms with Crippen LogP contribution in [0.2, 0.25) is 0 Å². The van der Waals surface area contributed by atoms with Gasteiger partial charge in [0.2, 0.25) is 0 Å². The van der Waals surface area contributed by atoms with E-state index in [2.05, 4.69) is 22.4 Å². The van der Waals surface area contributed by atoms with Crippen molar-refractivity contribution in [2.45, 2.75) is 0 Å². The van der Waals surface area contributed by atoms with Crippen molar-refractivity contribution < 1.29 is 4.92 Å². The third-order valence-corrected chi connectivity index (χ3v) is 1.02. The zero-order valence-electron chi connectivity index (χ0n) is 7.01. The van der Waals surface area contributed by atoms with Gasteiger partial charge in [-0.1, -0.05) is 18.2 Å². The fourth-order valence-electron chi connectivity index (χ4n) is 0.555. The van der Waals surface area contributed by atoms with Crippen molar-refractivity contribution in [3.8, 4) is 0 Å². The molecule has 0 bridgehead atoms. The molecule has 0 N–H and O–H groups in total. The fourth-order valence-corrected chi connectivity index (χ4v) is 0.661. The Morgan fingerprint density at radius 3 is 2.31 bits per heavy atom. The number of nitro groups is 1. The first kappa shape index (κ1) is 11.4. The van der Waals surface area contributed by atoms with Crippen LogP contribution in [0.3, 0.4) is 0 Å². The average Bonchev–Trinajstić information content (AvgIpc) is 2.06. The lowest BCUT2D eigenvalue weighted by molar-refractivity contribution is -0.445. The van der Waals surface area contributed by atoms with E-state index in [-0.39, 0.29) is 0 Å². The molecule has 5 heteroatoms. The molecule has 0 aliphatic heterocycles. The number of hydrogen-bond donors (Lipinski definition) is 0. The molecule has 0 heterocycles. The second-order valence-electron chi connectivity index (χ2n) is 1.98. The van der Waals surface area contributed by atoms with Gasteiger partial charge in [0.15, 0.2) is 7.05 Å². The summed E-state index contributed by atoms with van der Waals surface area (Å²) in [6.45, 7) is 0. The van der Waals surface area contributed by atoms with Crippen LogP contribution in [0.15, 0.2) is 35.3 Å². The minimum absolute atomic E-state index is 0.500. The van der Waals surface area contributed by atoms with E-state index >= 15 is 0 Å². The number of benzene rings is 1. The second-order valence-corrected chi connectivity index (χ2v) is 2.16. The topological polar surface area (TPSA) is 55.5 Å². The third-order valence-electron chi connectivity index (χ3n) is 0.931. The SMILES string of the molecule is C[N+](=O)[O-].S=C=Nc1ccccc1. The molecule has 4 nitrogen and oxygen atoms in total. The fraction of sp³-hybridized carbons (Fsp3) is 0.125. The number of isothiocyanates is 1. The van der Waals surface area contributed by atoms with E-state index in [9.17, 15) is 0 Å². The monoisotopic (exact) mass is 196 g/mol. The summed E-state index contributed by atoms with van der Waals surface area (Å²) in [5, 5.41) is 11.1. The molecule has 13 heavy (non-hydrogen) atoms. The molecule has 0 unspecified atom stereocenters. The Morgan fingerprint density at radius 1 is 1.46 bits per heavy atom. The van der Waals surface area contributed by atoms with Gasteiger partial charge in [-0.2, -0.15) is 4.99 Å². The summed E-state index contributed by atoms with van der Waals surface area (Å²) >= 11 is 4.42. The van der Waals surface area contributed by atoms with Crippen LogP contribution in [0.1, 0.15) is 0 Å². The van der Waals surface area contributed by atoms with Crippen LogP contribution in [-0.2, 0) is 0 Å². The van der Waals surface area contributed by atoms with Gasteiger partial charge in [0.1, 0.15) is 0 Å². The molecule has 0 spiro atoms. The maximum atomic E-state index is 8.81. The van der Waals surface area contributed by atoms with Crippen LogP contribution in [0.4, 0.5) is 5.69 Å². The zero-order chi connectivity index (χ0) is 10.1. The quantitative estimate of drug-likeness (QED) is 0.300. The standard InChI is InChI=1S/C7H5NS.CH3NO2/c9-6-8-7-4-2-1-3-5-7;1-2(3)4/h1-5H;1H3. The van der Waals surface area contributed by atoms with E-state index in [1.807, 2.05) is 30.3 Å². The molecule has 0 aliphatic rings. The Bertz CT molecular complexity index is 303. The lowest BCUT2D eigenvalue weighted by Crippen LogP contribution is -1.79. The summed E-state index contributed by atoms with van der Waals surface area (Å²) < 4.78 is 0. The first-order valence-electron chi connectivity index (χ1n) is 3.37. The van der Waals surface area contributed by atoms with E-state index in [1.165, 1.54) is 0 Å². The van der Waals surface area contributed by atoms with Gasteiger partial charge in [-0.3, -0.25) is 10.1 Å². The van der Waals surface area contributed by atoms with E-state index in [0.29, 0.717) is 0 Å². The summed E-state index contributed by atoms with van der Waals surface area (Å²) in [4.78, 5) is 12.1. The van der Waals surface area contributed by atoms with E-state index in [0.717, 1.165) is 12.7 Å². The maximum absolute atomic E-state index is 8.81. The highest BCUT2D eigenvalue weighted by atomic mass is 32.1. The number of para-hydroxylation sites is 1. The highest BCUT2D eigenvalue weighted by Crippen LogP contribution is 2.07. The maximum Gasteiger partial charge on any atom is 0.194 e. The van der Waals surface area contributed by atoms with Gasteiger partial charge in [-0.05, 0) is 24.4 Å². The smallest absolute Gasteiger partial charge is 0.194 e. The Balaban J connectivity index is 0.000000310. The molecule has 0 saturated heterocycles. The Morgan fingerprint density at radius 2 is 1.92 bits per heavy atom. The number of rotatable bonds is 1. The Hall–Kier alpha value is -1.58. The molecular weight excluding hydrogens is 188 g/mol. The molecular formula is C8H8N2O2S. The van der Waals surface area contributed by atoms with Crippen LogP contribution >= 0.6 is 12.2 Å². The summed E-state index contributed by atoms with van der Waals surface area (Å²) in [6, 6.07) is 9.50. The number of thiocarbonyl (C=S) groups is 1. The van der Waals surface area contributed by atoms with Crippen LogP contribution in [0.25, 0.3) is 0 Å². The van der Waals surface area contributed by atoms with Gasteiger partial charge in [0.05, 0.1) is 10.8 Å². The molecule has 1 rings (SSSR count). The Labute approximate surface area is 81.1 Å². The summed E-state index contributed by atoms with van der Waals surface area (Å²) in [5.74, 6) is 0. The van der Waals surface area contributed by atoms with E-state index in [1.54, 1.807) is 0 Å². The normalized spacial score (nSPS) is 7.46. The molecule has 0 radical (unpaired) electrons. The molecule has 68 valence electrons. The Kier molecular flexibility index (Phi) is 6.23. The van der Waals surface area contributed by atoms with Crippen LogP contribution in [-0.4, -0.2) is 17.1 Å². The van der Waals surface area contributed by atoms with Gasteiger partial charge in [-0.25, -0.2) is 0 Å². The molecule has 0 atom stereocenters. The van der Waals surface area contributed by atoms with Crippen molar-refractivity contribution in [3.63, 3.8) is 0 Å². The van der Waals surface area contributed by atoms with Gasteiger partial charge < -0.3 is 0 Å². The average molecular weight is 196 g/mol. The van der Waals surface area contributed by atoms with Crippen LogP contribution < -0.4 is 0 Å². The van der Waals surface area contributed by atoms with Gasteiger partial charge in [0, 0.05) is 4.92 Å². The molecule has 0 saturated carbocycles. The molecule has 1 aromatic rings. The van der Waals surface area contributed by atoms with Crippen molar-refractivity contribution in [1.82, 2.24) is 0 Å². The summed E-state index contributed by atoms with van der Waals surface area (Å²) in [5.41, 5.74) is 0.854. The van der Waals surface area contributed by atoms with Crippen LogP contribution in [0, 0.1) is 10.1 Å². The molecule has 0 aromatic heterocycles. The lowest BCUT2D eigenvalue weighted by atomic mass is 10.3. The number of hydrogen-bond acceptors (Lipinski definition) is 4. The highest BCUT2D eigenvalue weighted by Gasteiger charge is 1.79. The number of nitrogens with zero attached hydrogens (tertiary/aromatic N) is 2. The van der Waals surface area contributed by atoms with Gasteiger partial charge >= 0.3 is 0 Å². The first-order chi connectivity index (χ1) is 6.16. The van der Waals surface area contributed by atoms with E-state index in [4.69, 9.17) is 10.1 Å². The highest BCUT2D eigenvalue weighted by molar-refractivity contribution is 7.78. The first-order valence-corrected chi connectivity index (χ1v) is 3.78. The predicted octanol–water partition coefficient (Wildman–Crippen LogP) is 2.31. The van der Waals surface area contributed by atoms with Crippen molar-refractivity contribution in [2.75, 3.05) is 7.05 Å². The van der Waals surface area contributed by atoms with Crippen molar-refractivity contribution in [2.24, 2.45) is 4.99 Å².